The summed E-state index contributed by atoms with van der Waals surface area (Å²) >= 11 is 0. The van der Waals surface area contributed by atoms with Gasteiger partial charge in [-0.3, -0.25) is 0 Å². The van der Waals surface area contributed by atoms with Crippen molar-refractivity contribution in [2.75, 3.05) is 6.58 Å². The molecule has 0 bridgehead atoms. The van der Waals surface area contributed by atoms with Gasteiger partial charge in [0.05, 0.1) is 7.47 Å². The molecular formula is C9H17O4P. The van der Waals surface area contributed by atoms with Gasteiger partial charge >= 0.3 is 8.25 Å². The Balaban J connectivity index is 2.61. The smallest absolute Gasteiger partial charge is 0.488 e. The minimum absolute atomic E-state index is 0.192. The van der Waals surface area contributed by atoms with Crippen LogP contribution in [0.3, 0.4) is 0 Å². The monoisotopic (exact) mass is 222 g/mol. The van der Waals surface area contributed by atoms with E-state index in [0.29, 0.717) is 12.3 Å². The van der Waals surface area contributed by atoms with Crippen molar-refractivity contribution < 1.29 is 20.1 Å². The Morgan fingerprint density at radius 3 is 2.79 bits per heavy atom. The van der Waals surface area contributed by atoms with Crippen LogP contribution < -0.4 is 4.89 Å². The summed E-state index contributed by atoms with van der Waals surface area (Å²) < 4.78 is 28.1. The van der Waals surface area contributed by atoms with Crippen LogP contribution in [-0.2, 0) is 13.8 Å². The molecule has 0 aliphatic carbocycles. The molecule has 5 heteroatoms. The van der Waals surface area contributed by atoms with Gasteiger partial charge in [0.25, 0.3) is 0 Å². The Morgan fingerprint density at radius 1 is 1.64 bits per heavy atom. The Morgan fingerprint density at radius 2 is 2.29 bits per heavy atom. The fourth-order valence-electron chi connectivity index (χ4n) is 1.82. The van der Waals surface area contributed by atoms with E-state index in [0.717, 1.165) is 0 Å². The fraction of sp³-hybridized carbons (Fsp3) is 1.00. The quantitative estimate of drug-likeness (QED) is 0.676. The van der Waals surface area contributed by atoms with E-state index in [9.17, 15) is 9.46 Å². The number of rotatable bonds is 4. The van der Waals surface area contributed by atoms with Crippen molar-refractivity contribution in [3.63, 3.8) is 0 Å². The highest BCUT2D eigenvalue weighted by molar-refractivity contribution is 7.30. The molecule has 1 fully saturated rings. The van der Waals surface area contributed by atoms with E-state index in [2.05, 4.69) is 0 Å². The first kappa shape index (κ1) is 10.5. The van der Waals surface area contributed by atoms with E-state index >= 15 is 0 Å². The highest BCUT2D eigenvalue weighted by Gasteiger charge is 2.37. The van der Waals surface area contributed by atoms with E-state index in [1.54, 1.807) is 6.92 Å². The maximum atomic E-state index is 10.4. The summed E-state index contributed by atoms with van der Waals surface area (Å²) in [7, 11) is -2.85. The predicted molar refractivity (Wildman–Crippen MR) is 50.8 cm³/mol. The maximum Gasteiger partial charge on any atom is 0.488 e. The van der Waals surface area contributed by atoms with Crippen molar-refractivity contribution in [1.29, 1.82) is 0 Å². The molecule has 0 spiro atoms. The van der Waals surface area contributed by atoms with Gasteiger partial charge in [-0.1, -0.05) is 13.8 Å². The molecule has 0 N–H and O–H groups in total. The summed E-state index contributed by atoms with van der Waals surface area (Å²) in [5, 5.41) is 0. The van der Waals surface area contributed by atoms with Crippen LogP contribution in [0.4, 0.5) is 0 Å². The second kappa shape index (κ2) is 5.17. The zero-order valence-electron chi connectivity index (χ0n) is 9.67. The van der Waals surface area contributed by atoms with E-state index in [1.807, 2.05) is 13.8 Å². The van der Waals surface area contributed by atoms with Crippen LogP contribution >= 0.6 is 8.25 Å². The molecule has 1 rings (SSSR count). The van der Waals surface area contributed by atoms with Crippen molar-refractivity contribution in [3.8, 4) is 0 Å². The molecule has 0 aromatic heterocycles. The minimum Gasteiger partial charge on any atom is -0.566 e. The van der Waals surface area contributed by atoms with Crippen LogP contribution in [0.5, 0.6) is 0 Å². The molecule has 0 aromatic carbocycles. The average molecular weight is 222 g/mol. The van der Waals surface area contributed by atoms with E-state index in [4.69, 9.17) is 10.6 Å². The third-order valence-electron chi connectivity index (χ3n) is 2.62. The molecule has 1 aliphatic rings. The summed E-state index contributed by atoms with van der Waals surface area (Å²) in [6.45, 7) is 5.20. The first-order valence-corrected chi connectivity index (χ1v) is 5.90. The summed E-state index contributed by atoms with van der Waals surface area (Å²) in [5.74, 6) is 0.554. The van der Waals surface area contributed by atoms with Crippen LogP contribution in [0.25, 0.3) is 0 Å². The molecule has 4 nitrogen and oxygen atoms in total. The molecule has 0 aromatic rings. The van der Waals surface area contributed by atoms with Crippen LogP contribution in [0.15, 0.2) is 0 Å². The van der Waals surface area contributed by atoms with Gasteiger partial charge in [-0.05, 0) is 29.7 Å². The zero-order chi connectivity index (χ0) is 11.6. The van der Waals surface area contributed by atoms with Gasteiger partial charge in [0.15, 0.2) is 0 Å². The topological polar surface area (TPSA) is 58.6 Å². The van der Waals surface area contributed by atoms with Crippen LogP contribution in [0, 0.1) is 11.8 Å². The van der Waals surface area contributed by atoms with Gasteiger partial charge in [0.2, 0.25) is 0 Å². The van der Waals surface area contributed by atoms with E-state index in [-0.39, 0.29) is 12.0 Å². The average Bonchev–Trinajstić information content (AvgIpc) is 2.46. The third-order valence-corrected chi connectivity index (χ3v) is 3.12. The maximum absolute atomic E-state index is 10.4. The second-order valence-corrected chi connectivity index (χ2v) is 4.60. The molecular weight excluding hydrogens is 203 g/mol. The lowest BCUT2D eigenvalue weighted by Gasteiger charge is -2.24. The Bertz CT molecular complexity index is 236. The zero-order valence-corrected chi connectivity index (χ0v) is 9.57. The molecule has 14 heavy (non-hydrogen) atoms. The number of hydrogen-bond donors (Lipinski definition) is 0. The molecule has 0 amide bonds. The standard InChI is InChI=1S/C9H17O4P/c1-6(2)8-4-5-12-9(8)7(3)13-14(10)11/h6-9H,4-5H2,1-3H3/t7-,8-,9-/m1/s1/i5T/t5-,7+,8+,9+/m0. The van der Waals surface area contributed by atoms with Crippen LogP contribution in [0.1, 0.15) is 28.6 Å². The van der Waals surface area contributed by atoms with Gasteiger partial charge in [-0.25, -0.2) is 0 Å². The summed E-state index contributed by atoms with van der Waals surface area (Å²) in [6, 6.07) is 0. The van der Waals surface area contributed by atoms with Gasteiger partial charge < -0.3 is 9.63 Å². The van der Waals surface area contributed by atoms with Crippen LogP contribution in [-0.4, -0.2) is 18.8 Å². The van der Waals surface area contributed by atoms with Crippen molar-refractivity contribution in [3.05, 3.63) is 0 Å². The van der Waals surface area contributed by atoms with Crippen molar-refractivity contribution >= 4 is 8.25 Å². The highest BCUT2D eigenvalue weighted by atomic mass is 31.1. The molecule has 1 heterocycles. The molecule has 1 aliphatic heterocycles. The molecule has 5 atom stereocenters. The fourth-order valence-corrected chi connectivity index (χ4v) is 2.21. The lowest BCUT2D eigenvalue weighted by atomic mass is 9.87. The summed E-state index contributed by atoms with van der Waals surface area (Å²) in [6.07, 6.45) is -0.152. The van der Waals surface area contributed by atoms with E-state index in [1.165, 1.54) is 0 Å². The van der Waals surface area contributed by atoms with E-state index < -0.39 is 20.9 Å². The van der Waals surface area contributed by atoms with Gasteiger partial charge in [0, 0.05) is 6.58 Å². The van der Waals surface area contributed by atoms with Gasteiger partial charge in [-0.2, -0.15) is 0 Å². The lowest BCUT2D eigenvalue weighted by molar-refractivity contribution is -0.193. The predicted octanol–water partition coefficient (Wildman–Crippen LogP) is 1.47. The first-order chi connectivity index (χ1) is 6.91. The second-order valence-electron chi connectivity index (χ2n) is 3.95. The molecule has 1 unspecified atom stereocenters. The minimum atomic E-state index is -2.85. The van der Waals surface area contributed by atoms with Crippen molar-refractivity contribution in [1.82, 2.24) is 0 Å². The van der Waals surface area contributed by atoms with Crippen LogP contribution in [0.2, 0.25) is 0 Å². The lowest BCUT2D eigenvalue weighted by Crippen LogP contribution is -2.32. The Kier molecular flexibility index (Phi) is 3.88. The highest BCUT2D eigenvalue weighted by Crippen LogP contribution is 2.32. The molecule has 0 saturated carbocycles. The van der Waals surface area contributed by atoms with Crippen molar-refractivity contribution in [2.45, 2.75) is 39.4 Å². The van der Waals surface area contributed by atoms with Gasteiger partial charge in [-0.15, -0.1) is 4.52 Å². The summed E-state index contributed by atoms with van der Waals surface area (Å²) in [5.41, 5.74) is 0. The Hall–Kier alpha value is -0.0200. The number of ether oxygens (including phenoxy) is 1. The normalized spacial score (nSPS) is 37.1. The summed E-state index contributed by atoms with van der Waals surface area (Å²) in [4.78, 5) is 10.4. The third kappa shape index (κ3) is 2.99. The largest absolute Gasteiger partial charge is 0.566 e. The van der Waals surface area contributed by atoms with Gasteiger partial charge in [0.1, 0.15) is 6.10 Å². The van der Waals surface area contributed by atoms with Crippen molar-refractivity contribution in [2.24, 2.45) is 11.8 Å². The molecule has 82 valence electrons. The Labute approximate surface area is 87.0 Å². The SMILES string of the molecule is [3H][C@H]1C[C@H](C(C)C)[C@@H]([C@@H](C)O[P+](=O)[O-])O1. The molecule has 1 saturated heterocycles. The first-order valence-electron chi connectivity index (χ1n) is 5.38. The number of hydrogen-bond acceptors (Lipinski definition) is 4. The molecule has 0 radical (unpaired) electrons.